The molecule has 1 atom stereocenters. The number of carboxylic acid groups (broad SMARTS) is 1. The molecule has 0 bridgehead atoms. The summed E-state index contributed by atoms with van der Waals surface area (Å²) in [5.74, 6) is 1.62. The van der Waals surface area contributed by atoms with Crippen molar-refractivity contribution in [2.24, 2.45) is 0 Å². The molecule has 0 amide bonds. The van der Waals surface area contributed by atoms with Crippen LogP contribution in [0.5, 0.6) is 0 Å². The number of terminal acetylenes is 1. The number of rotatable bonds is 3. The molecule has 0 heterocycles. The molecular weight excluding hydrogens is 238 g/mol. The number of benzene rings is 1. The van der Waals surface area contributed by atoms with Crippen molar-refractivity contribution in [1.29, 1.82) is 0 Å². The molecule has 0 radical (unpaired) electrons. The van der Waals surface area contributed by atoms with E-state index in [2.05, 4.69) is 25.1 Å². The Hall–Kier alpha value is -1.79. The number of carboxylic acids is 1. The van der Waals surface area contributed by atoms with Crippen LogP contribution in [0.15, 0.2) is 24.3 Å². The summed E-state index contributed by atoms with van der Waals surface area (Å²) in [6.45, 7) is 4.55. The van der Waals surface area contributed by atoms with E-state index in [9.17, 15) is 9.90 Å². The summed E-state index contributed by atoms with van der Waals surface area (Å²) in [5, 5.41) is 12.7. The van der Waals surface area contributed by atoms with Crippen molar-refractivity contribution < 1.29 is 9.90 Å². The third-order valence-corrected chi connectivity index (χ3v) is 4.10. The van der Waals surface area contributed by atoms with Gasteiger partial charge in [0.05, 0.1) is 6.54 Å². The van der Waals surface area contributed by atoms with Crippen LogP contribution in [0.1, 0.15) is 37.8 Å². The summed E-state index contributed by atoms with van der Waals surface area (Å²) >= 11 is 0. The van der Waals surface area contributed by atoms with Crippen LogP contribution in [0.2, 0.25) is 0 Å². The summed E-state index contributed by atoms with van der Waals surface area (Å²) in [6.07, 6.45) is 6.64. The average Bonchev–Trinajstić information content (AvgIpc) is 2.38. The Balaban J connectivity index is 2.59. The molecule has 1 aliphatic rings. The number of fused-ring (bicyclic) bond motifs is 1. The molecule has 3 nitrogen and oxygen atoms in total. The standard InChI is InChI=1S/C16H19NO2/c1-4-11-17-16(14(18)19)10-9-15(2,3)12-7-5-6-8-13(12)16/h1,5-8,17H,9-11H2,2-3H3,(H,18,19). The molecule has 0 saturated carbocycles. The van der Waals surface area contributed by atoms with Gasteiger partial charge in [0.1, 0.15) is 5.54 Å². The number of carbonyl (C=O) groups is 1. The number of hydrogen-bond donors (Lipinski definition) is 2. The van der Waals surface area contributed by atoms with E-state index in [1.807, 2.05) is 24.3 Å². The van der Waals surface area contributed by atoms with E-state index in [1.54, 1.807) is 0 Å². The second-order valence-corrected chi connectivity index (χ2v) is 5.70. The lowest BCUT2D eigenvalue weighted by atomic mass is 9.65. The van der Waals surface area contributed by atoms with Gasteiger partial charge in [-0.2, -0.15) is 0 Å². The van der Waals surface area contributed by atoms with Gasteiger partial charge in [0.25, 0.3) is 0 Å². The van der Waals surface area contributed by atoms with Gasteiger partial charge in [-0.3, -0.25) is 5.32 Å². The van der Waals surface area contributed by atoms with Gasteiger partial charge in [-0.25, -0.2) is 4.79 Å². The van der Waals surface area contributed by atoms with E-state index in [-0.39, 0.29) is 12.0 Å². The maximum absolute atomic E-state index is 11.8. The topological polar surface area (TPSA) is 49.3 Å². The molecule has 1 aromatic rings. The van der Waals surface area contributed by atoms with E-state index >= 15 is 0 Å². The van der Waals surface area contributed by atoms with E-state index in [4.69, 9.17) is 6.42 Å². The minimum absolute atomic E-state index is 0.00658. The lowest BCUT2D eigenvalue weighted by Gasteiger charge is -2.43. The molecule has 1 unspecified atom stereocenters. The fourth-order valence-electron chi connectivity index (χ4n) is 2.90. The molecular formula is C16H19NO2. The first-order chi connectivity index (χ1) is 8.94. The quantitative estimate of drug-likeness (QED) is 0.817. The zero-order valence-electron chi connectivity index (χ0n) is 11.4. The highest BCUT2D eigenvalue weighted by Crippen LogP contribution is 2.44. The lowest BCUT2D eigenvalue weighted by Crippen LogP contribution is -2.53. The van der Waals surface area contributed by atoms with Crippen molar-refractivity contribution in [1.82, 2.24) is 5.32 Å². The lowest BCUT2D eigenvalue weighted by molar-refractivity contribution is -0.146. The molecule has 2 N–H and O–H groups in total. The highest BCUT2D eigenvalue weighted by atomic mass is 16.4. The largest absolute Gasteiger partial charge is 0.480 e. The Labute approximate surface area is 114 Å². The fourth-order valence-corrected chi connectivity index (χ4v) is 2.90. The summed E-state index contributed by atoms with van der Waals surface area (Å²) in [5.41, 5.74) is 0.869. The SMILES string of the molecule is C#CCNC1(C(=O)O)CCC(C)(C)c2ccccc21. The van der Waals surface area contributed by atoms with Gasteiger partial charge in [0.15, 0.2) is 0 Å². The van der Waals surface area contributed by atoms with Gasteiger partial charge < -0.3 is 5.11 Å². The van der Waals surface area contributed by atoms with E-state index < -0.39 is 11.5 Å². The Morgan fingerprint density at radius 2 is 2.00 bits per heavy atom. The summed E-state index contributed by atoms with van der Waals surface area (Å²) in [6, 6.07) is 7.76. The van der Waals surface area contributed by atoms with Crippen LogP contribution in [0.3, 0.4) is 0 Å². The van der Waals surface area contributed by atoms with Crippen LogP contribution < -0.4 is 5.32 Å². The van der Waals surface area contributed by atoms with Crippen LogP contribution in [0, 0.1) is 12.3 Å². The second-order valence-electron chi connectivity index (χ2n) is 5.70. The Bertz CT molecular complexity index is 542. The molecule has 0 saturated heterocycles. The van der Waals surface area contributed by atoms with Crippen molar-refractivity contribution in [3.05, 3.63) is 35.4 Å². The van der Waals surface area contributed by atoms with Gasteiger partial charge in [0.2, 0.25) is 0 Å². The molecule has 0 aromatic heterocycles. The predicted molar refractivity (Wildman–Crippen MR) is 74.9 cm³/mol. The van der Waals surface area contributed by atoms with Gasteiger partial charge in [0, 0.05) is 0 Å². The van der Waals surface area contributed by atoms with Crippen molar-refractivity contribution >= 4 is 5.97 Å². The Morgan fingerprint density at radius 1 is 1.37 bits per heavy atom. The molecule has 0 fully saturated rings. The molecule has 1 aromatic carbocycles. The number of nitrogens with one attached hydrogen (secondary N) is 1. The number of aliphatic carboxylic acids is 1. The molecule has 100 valence electrons. The summed E-state index contributed by atoms with van der Waals surface area (Å²) in [7, 11) is 0. The Morgan fingerprint density at radius 3 is 2.58 bits per heavy atom. The minimum atomic E-state index is -1.06. The third kappa shape index (κ3) is 2.13. The molecule has 1 aliphatic carbocycles. The monoisotopic (exact) mass is 257 g/mol. The van der Waals surface area contributed by atoms with E-state index in [0.717, 1.165) is 17.5 Å². The fraction of sp³-hybridized carbons (Fsp3) is 0.438. The predicted octanol–water partition coefficient (Wildman–Crippen LogP) is 2.26. The van der Waals surface area contributed by atoms with Crippen LogP contribution >= 0.6 is 0 Å². The van der Waals surface area contributed by atoms with Gasteiger partial charge >= 0.3 is 5.97 Å². The summed E-state index contributed by atoms with van der Waals surface area (Å²) in [4.78, 5) is 11.8. The van der Waals surface area contributed by atoms with Crippen LogP contribution in [0.4, 0.5) is 0 Å². The first kappa shape index (κ1) is 13.6. The van der Waals surface area contributed by atoms with Crippen LogP contribution in [-0.4, -0.2) is 17.6 Å². The van der Waals surface area contributed by atoms with E-state index in [1.165, 1.54) is 0 Å². The maximum Gasteiger partial charge on any atom is 0.328 e. The van der Waals surface area contributed by atoms with Gasteiger partial charge in [-0.15, -0.1) is 6.42 Å². The molecule has 19 heavy (non-hydrogen) atoms. The van der Waals surface area contributed by atoms with Gasteiger partial charge in [-0.05, 0) is 29.4 Å². The van der Waals surface area contributed by atoms with Crippen molar-refractivity contribution in [2.75, 3.05) is 6.54 Å². The first-order valence-corrected chi connectivity index (χ1v) is 6.46. The zero-order valence-corrected chi connectivity index (χ0v) is 11.4. The van der Waals surface area contributed by atoms with Crippen molar-refractivity contribution in [2.45, 2.75) is 37.6 Å². The zero-order chi connectivity index (χ0) is 14.1. The highest BCUT2D eigenvalue weighted by molar-refractivity contribution is 5.82. The average molecular weight is 257 g/mol. The van der Waals surface area contributed by atoms with Gasteiger partial charge in [-0.1, -0.05) is 44.0 Å². The normalized spacial score (nSPS) is 24.3. The summed E-state index contributed by atoms with van der Waals surface area (Å²) < 4.78 is 0. The highest BCUT2D eigenvalue weighted by Gasteiger charge is 2.47. The minimum Gasteiger partial charge on any atom is -0.480 e. The maximum atomic E-state index is 11.8. The molecule has 2 rings (SSSR count). The third-order valence-electron chi connectivity index (χ3n) is 4.10. The molecule has 0 aliphatic heterocycles. The van der Waals surface area contributed by atoms with Crippen molar-refractivity contribution in [3.63, 3.8) is 0 Å². The number of hydrogen-bond acceptors (Lipinski definition) is 2. The Kier molecular flexibility index (Phi) is 3.38. The smallest absolute Gasteiger partial charge is 0.328 e. The first-order valence-electron chi connectivity index (χ1n) is 6.46. The van der Waals surface area contributed by atoms with Crippen LogP contribution in [-0.2, 0) is 15.7 Å². The molecule has 3 heteroatoms. The molecule has 0 spiro atoms. The van der Waals surface area contributed by atoms with Crippen LogP contribution in [0.25, 0.3) is 0 Å². The second kappa shape index (κ2) is 4.71. The van der Waals surface area contributed by atoms with E-state index in [0.29, 0.717) is 6.42 Å². The van der Waals surface area contributed by atoms with Crippen molar-refractivity contribution in [3.8, 4) is 12.3 Å².